The van der Waals surface area contributed by atoms with Gasteiger partial charge in [0.1, 0.15) is 17.1 Å². The molecule has 1 aromatic carbocycles. The lowest BCUT2D eigenvalue weighted by molar-refractivity contribution is 0.574. The Morgan fingerprint density at radius 2 is 1.92 bits per heavy atom. The van der Waals surface area contributed by atoms with Gasteiger partial charge in [-0.05, 0) is 55.1 Å². The number of imidazole rings is 1. The quantitative estimate of drug-likeness (QED) is 0.482. The fraction of sp³-hybridized carbons (Fsp3) is 0.400. The molecule has 2 aromatic heterocycles. The maximum Gasteiger partial charge on any atom is 0.152 e. The molecule has 0 aliphatic rings. The average Bonchev–Trinajstić information content (AvgIpc) is 3.05. The largest absolute Gasteiger partial charge is 0.611 e. The fourth-order valence-corrected chi connectivity index (χ4v) is 4.41. The molecule has 3 aromatic rings. The van der Waals surface area contributed by atoms with Crippen molar-refractivity contribution in [3.05, 3.63) is 47.9 Å². The van der Waals surface area contributed by atoms with Gasteiger partial charge in [0.2, 0.25) is 0 Å². The SMILES string of the molecule is CCc1nc2c(N)ncc(C)c2n1CCCCC[S+]([O-])c1ccccc1. The summed E-state index contributed by atoms with van der Waals surface area (Å²) in [6, 6.07) is 9.69. The molecule has 0 spiro atoms. The molecule has 1 atom stereocenters. The zero-order valence-corrected chi connectivity index (χ0v) is 16.3. The van der Waals surface area contributed by atoms with Gasteiger partial charge in [-0.3, -0.25) is 0 Å². The molecule has 26 heavy (non-hydrogen) atoms. The van der Waals surface area contributed by atoms with Gasteiger partial charge < -0.3 is 14.9 Å². The van der Waals surface area contributed by atoms with E-state index in [4.69, 9.17) is 5.73 Å². The number of nitrogen functional groups attached to an aromatic ring is 1. The summed E-state index contributed by atoms with van der Waals surface area (Å²) in [5, 5.41) is 0. The van der Waals surface area contributed by atoms with Crippen LogP contribution in [0.3, 0.4) is 0 Å². The summed E-state index contributed by atoms with van der Waals surface area (Å²) >= 11 is -0.903. The van der Waals surface area contributed by atoms with E-state index in [9.17, 15) is 4.55 Å². The molecule has 0 fully saturated rings. The lowest BCUT2D eigenvalue weighted by atomic mass is 10.2. The first kappa shape index (κ1) is 18.7. The molecule has 0 aliphatic heterocycles. The Balaban J connectivity index is 1.59. The summed E-state index contributed by atoms with van der Waals surface area (Å²) in [6.07, 6.45) is 5.72. The van der Waals surface area contributed by atoms with Gasteiger partial charge in [-0.15, -0.1) is 0 Å². The van der Waals surface area contributed by atoms with Gasteiger partial charge in [0, 0.05) is 19.2 Å². The topological polar surface area (TPSA) is 79.8 Å². The molecule has 3 rings (SSSR count). The number of rotatable bonds is 8. The van der Waals surface area contributed by atoms with Crippen molar-refractivity contribution in [2.24, 2.45) is 0 Å². The van der Waals surface area contributed by atoms with E-state index >= 15 is 0 Å². The van der Waals surface area contributed by atoms with Crippen LogP contribution in [0.1, 0.15) is 37.6 Å². The molecular weight excluding hydrogens is 344 g/mol. The lowest BCUT2D eigenvalue weighted by Crippen LogP contribution is -2.08. The molecule has 0 bridgehead atoms. The third kappa shape index (κ3) is 4.02. The number of unbranched alkanes of at least 4 members (excludes halogenated alkanes) is 2. The molecule has 2 heterocycles. The van der Waals surface area contributed by atoms with Crippen molar-refractivity contribution < 1.29 is 4.55 Å². The van der Waals surface area contributed by atoms with Gasteiger partial charge in [0.15, 0.2) is 10.7 Å². The van der Waals surface area contributed by atoms with E-state index in [0.29, 0.717) is 11.6 Å². The second-order valence-electron chi connectivity index (χ2n) is 6.48. The zero-order chi connectivity index (χ0) is 18.5. The summed E-state index contributed by atoms with van der Waals surface area (Å²) in [4.78, 5) is 9.82. The summed E-state index contributed by atoms with van der Waals surface area (Å²) in [5.41, 5.74) is 9.02. The Kier molecular flexibility index (Phi) is 6.16. The van der Waals surface area contributed by atoms with E-state index in [2.05, 4.69) is 28.4 Å². The molecule has 2 N–H and O–H groups in total. The smallest absolute Gasteiger partial charge is 0.152 e. The van der Waals surface area contributed by atoms with Crippen LogP contribution in [0.15, 0.2) is 41.4 Å². The third-order valence-corrected chi connectivity index (χ3v) is 6.05. The minimum absolute atomic E-state index is 0.498. The predicted octanol–water partition coefficient (Wildman–Crippen LogP) is 3.86. The van der Waals surface area contributed by atoms with Crippen molar-refractivity contribution in [2.45, 2.75) is 51.0 Å². The van der Waals surface area contributed by atoms with E-state index in [1.807, 2.05) is 36.5 Å². The highest BCUT2D eigenvalue weighted by molar-refractivity contribution is 7.91. The van der Waals surface area contributed by atoms with Crippen molar-refractivity contribution >= 4 is 28.0 Å². The maximum absolute atomic E-state index is 12.3. The van der Waals surface area contributed by atoms with Crippen LogP contribution in [0.5, 0.6) is 0 Å². The van der Waals surface area contributed by atoms with Crippen LogP contribution in [0, 0.1) is 6.92 Å². The number of pyridine rings is 1. The first-order valence-electron chi connectivity index (χ1n) is 9.15. The number of aryl methyl sites for hydroxylation is 3. The normalized spacial score (nSPS) is 12.6. The summed E-state index contributed by atoms with van der Waals surface area (Å²) < 4.78 is 14.5. The number of benzene rings is 1. The number of nitrogens with two attached hydrogens (primary N) is 1. The summed E-state index contributed by atoms with van der Waals surface area (Å²) in [7, 11) is 0. The number of anilines is 1. The first-order chi connectivity index (χ1) is 12.6. The van der Waals surface area contributed by atoms with Gasteiger partial charge in [0.25, 0.3) is 0 Å². The average molecular weight is 371 g/mol. The summed E-state index contributed by atoms with van der Waals surface area (Å²) in [6.45, 7) is 5.07. The summed E-state index contributed by atoms with van der Waals surface area (Å²) in [5.74, 6) is 2.26. The van der Waals surface area contributed by atoms with Crippen molar-refractivity contribution in [1.82, 2.24) is 14.5 Å². The Labute approximate surface area is 157 Å². The van der Waals surface area contributed by atoms with Crippen LogP contribution in [-0.2, 0) is 24.1 Å². The Morgan fingerprint density at radius 3 is 2.65 bits per heavy atom. The number of hydrogen-bond acceptors (Lipinski definition) is 4. The maximum atomic E-state index is 12.3. The van der Waals surface area contributed by atoms with Gasteiger partial charge in [-0.25, -0.2) is 9.97 Å². The Hall–Kier alpha value is -2.05. The molecular formula is C20H26N4OS. The Morgan fingerprint density at radius 1 is 1.15 bits per heavy atom. The monoisotopic (exact) mass is 370 g/mol. The number of aromatic nitrogens is 3. The molecule has 0 amide bonds. The predicted molar refractivity (Wildman–Crippen MR) is 108 cm³/mol. The second-order valence-corrected chi connectivity index (χ2v) is 8.05. The van der Waals surface area contributed by atoms with Crippen LogP contribution >= 0.6 is 0 Å². The van der Waals surface area contributed by atoms with Crippen LogP contribution in [0.2, 0.25) is 0 Å². The minimum Gasteiger partial charge on any atom is -0.611 e. The molecule has 138 valence electrons. The minimum atomic E-state index is -0.903. The van der Waals surface area contributed by atoms with Gasteiger partial charge in [0.05, 0.1) is 5.52 Å². The highest BCUT2D eigenvalue weighted by Crippen LogP contribution is 2.24. The van der Waals surface area contributed by atoms with E-state index in [0.717, 1.165) is 59.5 Å². The van der Waals surface area contributed by atoms with Gasteiger partial charge in [-0.2, -0.15) is 0 Å². The fourth-order valence-electron chi connectivity index (χ4n) is 3.25. The highest BCUT2D eigenvalue weighted by Gasteiger charge is 2.15. The number of hydrogen-bond donors (Lipinski definition) is 1. The highest BCUT2D eigenvalue weighted by atomic mass is 32.2. The number of nitrogens with zero attached hydrogens (tertiary/aromatic N) is 3. The van der Waals surface area contributed by atoms with Crippen LogP contribution in [-0.4, -0.2) is 24.8 Å². The van der Waals surface area contributed by atoms with Crippen LogP contribution < -0.4 is 5.73 Å². The second kappa shape index (κ2) is 8.56. The number of fused-ring (bicyclic) bond motifs is 1. The van der Waals surface area contributed by atoms with Crippen molar-refractivity contribution in [1.29, 1.82) is 0 Å². The molecule has 0 saturated carbocycles. The molecule has 1 unspecified atom stereocenters. The molecule has 0 saturated heterocycles. The van der Waals surface area contributed by atoms with E-state index in [-0.39, 0.29) is 0 Å². The van der Waals surface area contributed by atoms with Gasteiger partial charge >= 0.3 is 0 Å². The molecule has 6 heteroatoms. The molecule has 0 aliphatic carbocycles. The standard InChI is InChI=1S/C20H26N4OS/c1-3-17-23-18-19(15(2)14-22-20(18)21)24(17)12-8-5-9-13-26(25)16-10-6-4-7-11-16/h4,6-7,10-11,14H,3,5,8-9,12-13H2,1-2H3,(H2,21,22). The molecule has 5 nitrogen and oxygen atoms in total. The zero-order valence-electron chi connectivity index (χ0n) is 15.4. The van der Waals surface area contributed by atoms with Gasteiger partial charge in [-0.1, -0.05) is 25.1 Å². The van der Waals surface area contributed by atoms with E-state index in [1.54, 1.807) is 0 Å². The van der Waals surface area contributed by atoms with E-state index < -0.39 is 11.2 Å². The van der Waals surface area contributed by atoms with E-state index in [1.165, 1.54) is 0 Å². The lowest BCUT2D eigenvalue weighted by Gasteiger charge is -2.11. The van der Waals surface area contributed by atoms with Crippen molar-refractivity contribution in [3.63, 3.8) is 0 Å². The van der Waals surface area contributed by atoms with Crippen molar-refractivity contribution in [2.75, 3.05) is 11.5 Å². The third-order valence-electron chi connectivity index (χ3n) is 4.59. The van der Waals surface area contributed by atoms with Crippen molar-refractivity contribution in [3.8, 4) is 0 Å². The van der Waals surface area contributed by atoms with Crippen LogP contribution in [0.4, 0.5) is 5.82 Å². The molecule has 0 radical (unpaired) electrons. The first-order valence-corrected chi connectivity index (χ1v) is 10.5. The van der Waals surface area contributed by atoms with Crippen LogP contribution in [0.25, 0.3) is 11.0 Å². The Bertz CT molecular complexity index is 863.